The zero-order chi connectivity index (χ0) is 10.3. The fourth-order valence-corrected chi connectivity index (χ4v) is 2.97. The molecule has 1 aliphatic rings. The summed E-state index contributed by atoms with van der Waals surface area (Å²) in [5.74, 6) is -1.12. The zero-order valence-electron chi connectivity index (χ0n) is 7.09. The van der Waals surface area contributed by atoms with Crippen LogP contribution in [-0.2, 0) is 5.67 Å². The molecule has 0 aliphatic heterocycles. The number of carbonyl (C=O) groups is 1. The van der Waals surface area contributed by atoms with E-state index in [4.69, 9.17) is 5.11 Å². The number of carboxylic acids is 1. The Morgan fingerprint density at radius 2 is 2.29 bits per heavy atom. The van der Waals surface area contributed by atoms with E-state index in [0.717, 1.165) is 17.8 Å². The first-order valence-electron chi connectivity index (χ1n) is 4.12. The second kappa shape index (κ2) is 3.27. The van der Waals surface area contributed by atoms with Crippen molar-refractivity contribution in [3.8, 4) is 0 Å². The van der Waals surface area contributed by atoms with E-state index >= 15 is 0 Å². The first kappa shape index (κ1) is 10.0. The van der Waals surface area contributed by atoms with Crippen LogP contribution in [-0.4, -0.2) is 16.1 Å². The van der Waals surface area contributed by atoms with E-state index in [1.165, 1.54) is 0 Å². The molecule has 0 radical (unpaired) electrons. The third-order valence-corrected chi connectivity index (χ3v) is 4.20. The number of hydrogen-bond donors (Lipinski definition) is 1. The second-order valence-corrected chi connectivity index (χ2v) is 5.58. The normalized spacial score (nSPS) is 19.0. The number of alkyl halides is 1. The average molecular weight is 280 g/mol. The number of aromatic nitrogens is 1. The SMILES string of the molecule is O=C(O)c1nc(C2(F)CCC2)sc1Br. The number of thiazole rings is 1. The lowest BCUT2D eigenvalue weighted by atomic mass is 9.83. The third kappa shape index (κ3) is 1.46. The van der Waals surface area contributed by atoms with Crippen LogP contribution in [0.5, 0.6) is 0 Å². The van der Waals surface area contributed by atoms with Crippen LogP contribution >= 0.6 is 27.3 Å². The number of nitrogens with zero attached hydrogens (tertiary/aromatic N) is 1. The Bertz CT molecular complexity index is 389. The predicted molar refractivity (Wildman–Crippen MR) is 53.4 cm³/mol. The maximum absolute atomic E-state index is 13.8. The van der Waals surface area contributed by atoms with E-state index in [0.29, 0.717) is 16.6 Å². The summed E-state index contributed by atoms with van der Waals surface area (Å²) in [5.41, 5.74) is -1.46. The summed E-state index contributed by atoms with van der Waals surface area (Å²) < 4.78 is 14.2. The van der Waals surface area contributed by atoms with Gasteiger partial charge in [0.25, 0.3) is 0 Å². The largest absolute Gasteiger partial charge is 0.476 e. The van der Waals surface area contributed by atoms with Gasteiger partial charge in [-0.05, 0) is 35.2 Å². The van der Waals surface area contributed by atoms with Crippen molar-refractivity contribution in [1.82, 2.24) is 4.98 Å². The summed E-state index contributed by atoms with van der Waals surface area (Å²) in [6, 6.07) is 0. The molecule has 1 heterocycles. The van der Waals surface area contributed by atoms with Crippen molar-refractivity contribution in [2.24, 2.45) is 0 Å². The van der Waals surface area contributed by atoms with Gasteiger partial charge >= 0.3 is 5.97 Å². The summed E-state index contributed by atoms with van der Waals surface area (Å²) in [6.45, 7) is 0. The van der Waals surface area contributed by atoms with E-state index < -0.39 is 11.6 Å². The Kier molecular flexibility index (Phi) is 2.35. The van der Waals surface area contributed by atoms with Crippen molar-refractivity contribution < 1.29 is 14.3 Å². The van der Waals surface area contributed by atoms with Crippen LogP contribution in [0.4, 0.5) is 4.39 Å². The Hall–Kier alpha value is -0.490. The molecule has 1 saturated carbocycles. The molecule has 2 rings (SSSR count). The lowest BCUT2D eigenvalue weighted by Gasteiger charge is -2.31. The van der Waals surface area contributed by atoms with Gasteiger partial charge < -0.3 is 5.11 Å². The topological polar surface area (TPSA) is 50.2 Å². The fraction of sp³-hybridized carbons (Fsp3) is 0.500. The molecule has 6 heteroatoms. The highest BCUT2D eigenvalue weighted by atomic mass is 79.9. The van der Waals surface area contributed by atoms with Crippen LogP contribution < -0.4 is 0 Å². The van der Waals surface area contributed by atoms with Crippen LogP contribution in [0.15, 0.2) is 3.79 Å². The number of hydrogen-bond acceptors (Lipinski definition) is 3. The van der Waals surface area contributed by atoms with Crippen LogP contribution in [0, 0.1) is 0 Å². The molecule has 0 aromatic carbocycles. The molecule has 1 aromatic heterocycles. The molecule has 1 aromatic rings. The van der Waals surface area contributed by atoms with Gasteiger partial charge in [0.1, 0.15) is 8.79 Å². The summed E-state index contributed by atoms with van der Waals surface area (Å²) in [6.07, 6.45) is 1.74. The molecule has 0 unspecified atom stereocenters. The van der Waals surface area contributed by atoms with Crippen molar-refractivity contribution in [1.29, 1.82) is 0 Å². The molecule has 1 aliphatic carbocycles. The molecule has 0 saturated heterocycles. The van der Waals surface area contributed by atoms with Gasteiger partial charge in [-0.15, -0.1) is 11.3 Å². The molecular weight excluding hydrogens is 273 g/mol. The minimum absolute atomic E-state index is 0.0890. The second-order valence-electron chi connectivity index (χ2n) is 3.27. The van der Waals surface area contributed by atoms with Gasteiger partial charge in [0.05, 0.1) is 0 Å². The van der Waals surface area contributed by atoms with Gasteiger partial charge in [-0.2, -0.15) is 0 Å². The first-order chi connectivity index (χ1) is 6.53. The Labute approximate surface area is 92.1 Å². The van der Waals surface area contributed by atoms with Crippen molar-refractivity contribution in [3.05, 3.63) is 14.5 Å². The molecule has 3 nitrogen and oxygen atoms in total. The Balaban J connectivity index is 2.37. The summed E-state index contributed by atoms with van der Waals surface area (Å²) >= 11 is 4.15. The van der Waals surface area contributed by atoms with Crippen molar-refractivity contribution in [2.45, 2.75) is 24.9 Å². The monoisotopic (exact) mass is 279 g/mol. The molecule has 0 spiro atoms. The third-order valence-electron chi connectivity index (χ3n) is 2.32. The van der Waals surface area contributed by atoms with E-state index in [-0.39, 0.29) is 10.7 Å². The number of carboxylic acid groups (broad SMARTS) is 1. The molecule has 14 heavy (non-hydrogen) atoms. The average Bonchev–Trinajstić information content (AvgIpc) is 2.43. The highest BCUT2D eigenvalue weighted by Crippen LogP contribution is 2.47. The summed E-state index contributed by atoms with van der Waals surface area (Å²) in [7, 11) is 0. The maximum atomic E-state index is 13.8. The lowest BCUT2D eigenvalue weighted by molar-refractivity contribution is 0.0595. The zero-order valence-corrected chi connectivity index (χ0v) is 9.49. The molecule has 1 fully saturated rings. The predicted octanol–water partition coefficient (Wildman–Crippen LogP) is 2.95. The van der Waals surface area contributed by atoms with E-state index in [2.05, 4.69) is 20.9 Å². The Morgan fingerprint density at radius 1 is 1.64 bits per heavy atom. The first-order valence-corrected chi connectivity index (χ1v) is 5.73. The number of halogens is 2. The smallest absolute Gasteiger partial charge is 0.356 e. The molecular formula is C8H7BrFNO2S. The maximum Gasteiger partial charge on any atom is 0.356 e. The standard InChI is InChI=1S/C8H7BrFNO2S/c9-5-4(6(12)13)11-7(14-5)8(10)2-1-3-8/h1-3H2,(H,12,13). The van der Waals surface area contributed by atoms with Crippen molar-refractivity contribution in [3.63, 3.8) is 0 Å². The van der Waals surface area contributed by atoms with Gasteiger partial charge in [0.15, 0.2) is 11.4 Å². The van der Waals surface area contributed by atoms with E-state index in [1.807, 2.05) is 0 Å². The molecule has 1 N–H and O–H groups in total. The van der Waals surface area contributed by atoms with Crippen LogP contribution in [0.3, 0.4) is 0 Å². The minimum Gasteiger partial charge on any atom is -0.476 e. The fourth-order valence-electron chi connectivity index (χ4n) is 1.33. The van der Waals surface area contributed by atoms with Gasteiger partial charge in [-0.1, -0.05) is 0 Å². The van der Waals surface area contributed by atoms with Crippen molar-refractivity contribution in [2.75, 3.05) is 0 Å². The molecule has 0 atom stereocenters. The number of rotatable bonds is 2. The summed E-state index contributed by atoms with van der Waals surface area (Å²) in [4.78, 5) is 14.5. The van der Waals surface area contributed by atoms with Crippen LogP contribution in [0.2, 0.25) is 0 Å². The Morgan fingerprint density at radius 3 is 2.64 bits per heavy atom. The van der Waals surface area contributed by atoms with E-state index in [9.17, 15) is 9.18 Å². The van der Waals surface area contributed by atoms with E-state index in [1.54, 1.807) is 0 Å². The van der Waals surface area contributed by atoms with Crippen LogP contribution in [0.25, 0.3) is 0 Å². The van der Waals surface area contributed by atoms with Gasteiger partial charge in [-0.25, -0.2) is 14.2 Å². The lowest BCUT2D eigenvalue weighted by Crippen LogP contribution is -2.28. The number of aromatic carboxylic acids is 1. The van der Waals surface area contributed by atoms with Crippen LogP contribution in [0.1, 0.15) is 34.8 Å². The molecule has 0 bridgehead atoms. The quantitative estimate of drug-likeness (QED) is 0.906. The summed E-state index contributed by atoms with van der Waals surface area (Å²) in [5, 5.41) is 9.01. The minimum atomic E-state index is -1.37. The highest BCUT2D eigenvalue weighted by Gasteiger charge is 2.42. The highest BCUT2D eigenvalue weighted by molar-refractivity contribution is 9.11. The molecule has 0 amide bonds. The van der Waals surface area contributed by atoms with Gasteiger partial charge in [-0.3, -0.25) is 0 Å². The van der Waals surface area contributed by atoms with Gasteiger partial charge in [0, 0.05) is 0 Å². The van der Waals surface area contributed by atoms with Crippen molar-refractivity contribution >= 4 is 33.2 Å². The molecule has 76 valence electrons. The van der Waals surface area contributed by atoms with Gasteiger partial charge in [0.2, 0.25) is 0 Å².